The van der Waals surface area contributed by atoms with Crippen LogP contribution in [0.4, 0.5) is 0 Å². The summed E-state index contributed by atoms with van der Waals surface area (Å²) in [5.74, 6) is -0.145. The fraction of sp³-hybridized carbons (Fsp3) is 0.263. The van der Waals surface area contributed by atoms with Crippen molar-refractivity contribution in [3.8, 4) is 0 Å². The molecule has 7 nitrogen and oxygen atoms in total. The first-order valence-corrected chi connectivity index (χ1v) is 9.16. The second kappa shape index (κ2) is 10.5. The summed E-state index contributed by atoms with van der Waals surface area (Å²) >= 11 is 6.36. The van der Waals surface area contributed by atoms with Gasteiger partial charge in [0.15, 0.2) is 5.69 Å². The van der Waals surface area contributed by atoms with E-state index in [4.69, 9.17) is 11.6 Å². The first-order chi connectivity index (χ1) is 13.2. The zero-order valence-electron chi connectivity index (χ0n) is 15.4. The topological polar surface area (TPSA) is 75.9 Å². The number of piperazine rings is 1. The lowest BCUT2D eigenvalue weighted by molar-refractivity contribution is 0.0628. The Morgan fingerprint density at radius 3 is 2.72 bits per heavy atom. The van der Waals surface area contributed by atoms with E-state index in [0.717, 1.165) is 17.8 Å². The quantitative estimate of drug-likeness (QED) is 0.654. The summed E-state index contributed by atoms with van der Waals surface area (Å²) in [6, 6.07) is 13.2. The highest BCUT2D eigenvalue weighted by Gasteiger charge is 2.31. The number of carbonyl (C=O) groups is 1. The number of amides is 1. The highest BCUT2D eigenvalue weighted by Crippen LogP contribution is 2.29. The minimum Gasteiger partial charge on any atom is -0.328 e. The minimum atomic E-state index is -0.145. The Morgan fingerprint density at radius 1 is 1.17 bits per heavy atom. The van der Waals surface area contributed by atoms with Gasteiger partial charge in [0.05, 0.1) is 24.5 Å². The van der Waals surface area contributed by atoms with Crippen LogP contribution in [0.5, 0.6) is 0 Å². The summed E-state index contributed by atoms with van der Waals surface area (Å²) in [4.78, 5) is 19.2. The van der Waals surface area contributed by atoms with Crippen LogP contribution >= 0.6 is 36.4 Å². The van der Waals surface area contributed by atoms with Crippen molar-refractivity contribution in [2.75, 3.05) is 19.6 Å². The van der Waals surface area contributed by atoms with Crippen LogP contribution in [0.15, 0.2) is 54.9 Å². The Hall–Kier alpha value is -2.19. The third-order valence-electron chi connectivity index (χ3n) is 4.58. The maximum atomic E-state index is 13.1. The maximum absolute atomic E-state index is 13.1. The van der Waals surface area contributed by atoms with Crippen LogP contribution < -0.4 is 5.32 Å². The smallest absolute Gasteiger partial charge is 0.276 e. The number of nitrogens with one attached hydrogen (secondary N) is 1. The number of aromatic nitrogens is 4. The molecule has 0 bridgehead atoms. The Bertz CT molecular complexity index is 936. The van der Waals surface area contributed by atoms with Gasteiger partial charge in [-0.05, 0) is 23.8 Å². The van der Waals surface area contributed by atoms with Gasteiger partial charge in [0.25, 0.3) is 5.91 Å². The van der Waals surface area contributed by atoms with E-state index < -0.39 is 0 Å². The van der Waals surface area contributed by atoms with Gasteiger partial charge in [-0.3, -0.25) is 9.78 Å². The molecular formula is C19H21Cl3N6O. The third kappa shape index (κ3) is 5.25. The lowest BCUT2D eigenvalue weighted by Gasteiger charge is -2.36. The molecule has 0 spiro atoms. The lowest BCUT2D eigenvalue weighted by Crippen LogP contribution is -2.48. The van der Waals surface area contributed by atoms with Crippen LogP contribution in [0, 0.1) is 0 Å². The van der Waals surface area contributed by atoms with Crippen molar-refractivity contribution in [1.29, 1.82) is 0 Å². The molecule has 0 aliphatic carbocycles. The predicted molar refractivity (Wildman–Crippen MR) is 116 cm³/mol. The molecule has 29 heavy (non-hydrogen) atoms. The van der Waals surface area contributed by atoms with Gasteiger partial charge in [0.2, 0.25) is 0 Å². The van der Waals surface area contributed by atoms with Gasteiger partial charge in [0.1, 0.15) is 0 Å². The Morgan fingerprint density at radius 2 is 1.97 bits per heavy atom. The van der Waals surface area contributed by atoms with Crippen LogP contribution in [-0.4, -0.2) is 50.4 Å². The number of pyridine rings is 1. The number of hydrogen-bond acceptors (Lipinski definition) is 5. The molecule has 4 rings (SSSR count). The number of halogens is 3. The highest BCUT2D eigenvalue weighted by molar-refractivity contribution is 6.31. The first-order valence-electron chi connectivity index (χ1n) is 8.78. The van der Waals surface area contributed by atoms with Gasteiger partial charge < -0.3 is 10.2 Å². The Balaban J connectivity index is 0.00000150. The Labute approximate surface area is 186 Å². The van der Waals surface area contributed by atoms with Crippen LogP contribution in [0.2, 0.25) is 5.02 Å². The van der Waals surface area contributed by atoms with E-state index in [1.54, 1.807) is 17.1 Å². The second-order valence-corrected chi connectivity index (χ2v) is 6.77. The van der Waals surface area contributed by atoms with Crippen molar-refractivity contribution >= 4 is 42.3 Å². The van der Waals surface area contributed by atoms with Crippen molar-refractivity contribution in [2.45, 2.75) is 12.6 Å². The van der Waals surface area contributed by atoms with Crippen molar-refractivity contribution < 1.29 is 4.79 Å². The molecule has 1 aliphatic rings. The third-order valence-corrected chi connectivity index (χ3v) is 4.92. The van der Waals surface area contributed by atoms with Crippen LogP contribution in [-0.2, 0) is 6.54 Å². The van der Waals surface area contributed by atoms with Crippen molar-refractivity contribution in [3.63, 3.8) is 0 Å². The van der Waals surface area contributed by atoms with E-state index in [1.807, 2.05) is 47.4 Å². The Kier molecular flexibility index (Phi) is 8.40. The number of benzene rings is 1. The molecule has 1 aliphatic heterocycles. The number of hydrogen-bond donors (Lipinski definition) is 1. The maximum Gasteiger partial charge on any atom is 0.276 e. The van der Waals surface area contributed by atoms with Gasteiger partial charge >= 0.3 is 0 Å². The summed E-state index contributed by atoms with van der Waals surface area (Å²) in [7, 11) is 0. The van der Waals surface area contributed by atoms with Gasteiger partial charge in [0, 0.05) is 30.9 Å². The van der Waals surface area contributed by atoms with Crippen LogP contribution in [0.1, 0.15) is 27.8 Å². The molecule has 1 amide bonds. The molecule has 1 unspecified atom stereocenters. The normalized spacial score (nSPS) is 15.9. The molecular weight excluding hydrogens is 435 g/mol. The van der Waals surface area contributed by atoms with E-state index >= 15 is 0 Å². The van der Waals surface area contributed by atoms with E-state index in [1.165, 1.54) is 0 Å². The van der Waals surface area contributed by atoms with Gasteiger partial charge in [-0.2, -0.15) is 0 Å². The fourth-order valence-electron chi connectivity index (χ4n) is 3.25. The van der Waals surface area contributed by atoms with Gasteiger partial charge in [-0.1, -0.05) is 41.1 Å². The molecule has 1 fully saturated rings. The fourth-order valence-corrected chi connectivity index (χ4v) is 3.51. The highest BCUT2D eigenvalue weighted by atomic mass is 35.5. The number of carbonyl (C=O) groups excluding carboxylic acids is 1. The number of rotatable bonds is 4. The summed E-state index contributed by atoms with van der Waals surface area (Å²) < 4.78 is 1.63. The molecule has 10 heteroatoms. The lowest BCUT2D eigenvalue weighted by atomic mass is 10.0. The molecule has 2 aromatic heterocycles. The molecule has 1 saturated heterocycles. The zero-order valence-corrected chi connectivity index (χ0v) is 17.8. The van der Waals surface area contributed by atoms with E-state index in [2.05, 4.69) is 20.6 Å². The number of nitrogens with zero attached hydrogens (tertiary/aromatic N) is 5. The molecule has 3 aromatic rings. The molecule has 1 N–H and O–H groups in total. The molecule has 0 saturated carbocycles. The van der Waals surface area contributed by atoms with E-state index in [-0.39, 0.29) is 36.8 Å². The van der Waals surface area contributed by atoms with E-state index in [9.17, 15) is 4.79 Å². The summed E-state index contributed by atoms with van der Waals surface area (Å²) in [6.07, 6.45) is 3.40. The summed E-state index contributed by atoms with van der Waals surface area (Å²) in [5.41, 5.74) is 2.11. The molecule has 3 heterocycles. The molecule has 1 aromatic carbocycles. The minimum absolute atomic E-state index is 0. The molecule has 0 radical (unpaired) electrons. The average Bonchev–Trinajstić information content (AvgIpc) is 3.17. The van der Waals surface area contributed by atoms with Crippen molar-refractivity contribution in [2.24, 2.45) is 0 Å². The molecule has 1 atom stereocenters. The van der Waals surface area contributed by atoms with Gasteiger partial charge in [-0.25, -0.2) is 4.68 Å². The largest absolute Gasteiger partial charge is 0.328 e. The van der Waals surface area contributed by atoms with Crippen LogP contribution in [0.3, 0.4) is 0 Å². The first kappa shape index (κ1) is 23.1. The predicted octanol–water partition coefficient (Wildman–Crippen LogP) is 3.01. The second-order valence-electron chi connectivity index (χ2n) is 6.36. The van der Waals surface area contributed by atoms with Gasteiger partial charge in [-0.15, -0.1) is 29.9 Å². The average molecular weight is 456 g/mol. The molecule has 154 valence electrons. The zero-order chi connectivity index (χ0) is 18.6. The monoisotopic (exact) mass is 454 g/mol. The summed E-state index contributed by atoms with van der Waals surface area (Å²) in [6.45, 7) is 2.44. The van der Waals surface area contributed by atoms with Crippen molar-refractivity contribution in [3.05, 3.63) is 76.8 Å². The standard InChI is InChI=1S/C19H19ClN6O.2ClH/c20-16-7-2-1-6-15(16)18-11-21-9-10-26(18)19(27)17-13-25(24-23-17)12-14-5-3-4-8-22-14;;/h1-8,13,18,21H,9-12H2;2*1H. The van der Waals surface area contributed by atoms with E-state index in [0.29, 0.717) is 30.4 Å². The van der Waals surface area contributed by atoms with Crippen LogP contribution in [0.25, 0.3) is 0 Å². The SMILES string of the molecule is Cl.Cl.O=C(c1cn(Cc2ccccn2)nn1)N1CCNCC1c1ccccc1Cl. The van der Waals surface area contributed by atoms with Crippen molar-refractivity contribution in [1.82, 2.24) is 30.2 Å². The summed E-state index contributed by atoms with van der Waals surface area (Å²) in [5, 5.41) is 12.1.